The maximum Gasteiger partial charge on any atom is 0.160 e. The zero-order valence-corrected chi connectivity index (χ0v) is 10.3. The Bertz CT molecular complexity index is 700. The molecule has 2 aromatic carbocycles. The molecule has 0 amide bonds. The van der Waals surface area contributed by atoms with E-state index < -0.39 is 0 Å². The minimum Gasteiger partial charge on any atom is -0.456 e. The van der Waals surface area contributed by atoms with Gasteiger partial charge < -0.3 is 4.74 Å². The van der Waals surface area contributed by atoms with Gasteiger partial charge in [0.2, 0.25) is 0 Å². The van der Waals surface area contributed by atoms with E-state index in [0.29, 0.717) is 10.6 Å². The SMILES string of the molecule is O=Cc1cc(Oc2ccc3ccccc3c2)cs1. The van der Waals surface area contributed by atoms with Gasteiger partial charge in [-0.15, -0.1) is 11.3 Å². The van der Waals surface area contributed by atoms with E-state index in [-0.39, 0.29) is 0 Å². The molecule has 0 saturated heterocycles. The summed E-state index contributed by atoms with van der Waals surface area (Å²) in [5, 5.41) is 4.16. The van der Waals surface area contributed by atoms with Crippen LogP contribution in [0.15, 0.2) is 53.9 Å². The lowest BCUT2D eigenvalue weighted by molar-refractivity contribution is 0.112. The molecule has 0 aliphatic carbocycles. The molecule has 0 saturated carbocycles. The molecule has 1 heterocycles. The van der Waals surface area contributed by atoms with Crippen molar-refractivity contribution < 1.29 is 9.53 Å². The Morgan fingerprint density at radius 2 is 1.78 bits per heavy atom. The maximum absolute atomic E-state index is 10.6. The number of rotatable bonds is 3. The third-order valence-electron chi connectivity index (χ3n) is 2.67. The molecule has 0 radical (unpaired) electrons. The Morgan fingerprint density at radius 3 is 2.56 bits per heavy atom. The number of hydrogen-bond acceptors (Lipinski definition) is 3. The van der Waals surface area contributed by atoms with Gasteiger partial charge in [0.1, 0.15) is 11.5 Å². The second-order valence-electron chi connectivity index (χ2n) is 3.91. The first-order valence-corrected chi connectivity index (χ1v) is 6.43. The van der Waals surface area contributed by atoms with Crippen LogP contribution in [0.4, 0.5) is 0 Å². The van der Waals surface area contributed by atoms with Crippen molar-refractivity contribution >= 4 is 28.4 Å². The summed E-state index contributed by atoms with van der Waals surface area (Å²) in [5.74, 6) is 1.49. The molecule has 0 spiro atoms. The highest BCUT2D eigenvalue weighted by Gasteiger charge is 2.02. The predicted molar refractivity (Wildman–Crippen MR) is 73.7 cm³/mol. The number of benzene rings is 2. The summed E-state index contributed by atoms with van der Waals surface area (Å²) in [5.41, 5.74) is 0. The highest BCUT2D eigenvalue weighted by atomic mass is 32.1. The molecule has 2 nitrogen and oxygen atoms in total. The van der Waals surface area contributed by atoms with Gasteiger partial charge in [-0.25, -0.2) is 0 Å². The molecule has 3 heteroatoms. The van der Waals surface area contributed by atoms with Gasteiger partial charge in [0, 0.05) is 11.4 Å². The predicted octanol–water partition coefficient (Wildman–Crippen LogP) is 4.51. The normalized spacial score (nSPS) is 10.4. The van der Waals surface area contributed by atoms with Crippen LogP contribution >= 0.6 is 11.3 Å². The Balaban J connectivity index is 1.92. The number of ether oxygens (including phenoxy) is 1. The van der Waals surface area contributed by atoms with Crippen molar-refractivity contribution in [1.82, 2.24) is 0 Å². The number of hydrogen-bond donors (Lipinski definition) is 0. The zero-order chi connectivity index (χ0) is 12.4. The fraction of sp³-hybridized carbons (Fsp3) is 0. The summed E-state index contributed by atoms with van der Waals surface area (Å²) in [4.78, 5) is 11.3. The van der Waals surface area contributed by atoms with E-state index in [1.807, 2.05) is 41.8 Å². The lowest BCUT2D eigenvalue weighted by Gasteiger charge is -2.04. The molecule has 0 unspecified atom stereocenters. The molecular weight excluding hydrogens is 244 g/mol. The van der Waals surface area contributed by atoms with Crippen LogP contribution in [0.5, 0.6) is 11.5 Å². The molecular formula is C15H10O2S. The van der Waals surface area contributed by atoms with Crippen LogP contribution in [0, 0.1) is 0 Å². The Hall–Kier alpha value is -2.13. The third-order valence-corrected chi connectivity index (χ3v) is 3.50. The lowest BCUT2D eigenvalue weighted by Crippen LogP contribution is -1.82. The number of fused-ring (bicyclic) bond motifs is 1. The Labute approximate surface area is 108 Å². The van der Waals surface area contributed by atoms with Crippen LogP contribution in [0.3, 0.4) is 0 Å². The van der Waals surface area contributed by atoms with Crippen molar-refractivity contribution in [3.05, 3.63) is 58.8 Å². The monoisotopic (exact) mass is 254 g/mol. The number of aldehydes is 1. The molecule has 0 aliphatic heterocycles. The fourth-order valence-corrected chi connectivity index (χ4v) is 2.42. The van der Waals surface area contributed by atoms with Gasteiger partial charge in [-0.2, -0.15) is 0 Å². The van der Waals surface area contributed by atoms with Gasteiger partial charge in [0.25, 0.3) is 0 Å². The van der Waals surface area contributed by atoms with E-state index in [2.05, 4.69) is 6.07 Å². The van der Waals surface area contributed by atoms with Gasteiger partial charge in [0.15, 0.2) is 6.29 Å². The maximum atomic E-state index is 10.6. The second-order valence-corrected chi connectivity index (χ2v) is 4.86. The minimum absolute atomic E-state index is 0.672. The third kappa shape index (κ3) is 2.13. The van der Waals surface area contributed by atoms with Crippen LogP contribution in [0.25, 0.3) is 10.8 Å². The molecule has 0 aliphatic rings. The largest absolute Gasteiger partial charge is 0.456 e. The Kier molecular flexibility index (Phi) is 2.82. The summed E-state index contributed by atoms with van der Waals surface area (Å²) < 4.78 is 5.72. The van der Waals surface area contributed by atoms with E-state index in [1.54, 1.807) is 6.07 Å². The van der Waals surface area contributed by atoms with Crippen LogP contribution < -0.4 is 4.74 Å². The molecule has 1 aromatic heterocycles. The van der Waals surface area contributed by atoms with Gasteiger partial charge >= 0.3 is 0 Å². The number of carbonyl (C=O) groups is 1. The fourth-order valence-electron chi connectivity index (χ4n) is 1.82. The average molecular weight is 254 g/mol. The highest BCUT2D eigenvalue weighted by molar-refractivity contribution is 7.11. The van der Waals surface area contributed by atoms with Crippen molar-refractivity contribution in [2.75, 3.05) is 0 Å². The molecule has 0 atom stereocenters. The van der Waals surface area contributed by atoms with Crippen molar-refractivity contribution in [3.8, 4) is 11.5 Å². The van der Waals surface area contributed by atoms with Gasteiger partial charge in [-0.3, -0.25) is 4.79 Å². The van der Waals surface area contributed by atoms with E-state index in [4.69, 9.17) is 4.74 Å². The van der Waals surface area contributed by atoms with Crippen LogP contribution in [-0.2, 0) is 0 Å². The van der Waals surface area contributed by atoms with E-state index >= 15 is 0 Å². The first-order chi connectivity index (χ1) is 8.85. The van der Waals surface area contributed by atoms with Crippen LogP contribution in [-0.4, -0.2) is 6.29 Å². The number of carbonyl (C=O) groups excluding carboxylic acids is 1. The standard InChI is InChI=1S/C15H10O2S/c16-9-15-8-14(10-18-15)17-13-6-5-11-3-1-2-4-12(11)7-13/h1-10H. The van der Waals surface area contributed by atoms with Crippen molar-refractivity contribution in [3.63, 3.8) is 0 Å². The highest BCUT2D eigenvalue weighted by Crippen LogP contribution is 2.28. The topological polar surface area (TPSA) is 26.3 Å². The average Bonchev–Trinajstić information content (AvgIpc) is 2.86. The van der Waals surface area contributed by atoms with Crippen LogP contribution in [0.2, 0.25) is 0 Å². The van der Waals surface area contributed by atoms with E-state index in [0.717, 1.165) is 17.4 Å². The molecule has 3 rings (SSSR count). The minimum atomic E-state index is 0.672. The summed E-state index contributed by atoms with van der Waals surface area (Å²) in [6.45, 7) is 0. The van der Waals surface area contributed by atoms with Crippen molar-refractivity contribution in [2.45, 2.75) is 0 Å². The van der Waals surface area contributed by atoms with E-state index in [1.165, 1.54) is 16.7 Å². The molecule has 88 valence electrons. The first-order valence-electron chi connectivity index (χ1n) is 5.55. The molecule has 3 aromatic rings. The van der Waals surface area contributed by atoms with Gasteiger partial charge in [-0.1, -0.05) is 30.3 Å². The second kappa shape index (κ2) is 4.63. The smallest absolute Gasteiger partial charge is 0.160 e. The summed E-state index contributed by atoms with van der Waals surface area (Å²) in [6.07, 6.45) is 0.831. The van der Waals surface area contributed by atoms with Crippen LogP contribution in [0.1, 0.15) is 9.67 Å². The van der Waals surface area contributed by atoms with Gasteiger partial charge in [0.05, 0.1) is 4.88 Å². The molecule has 0 bridgehead atoms. The summed E-state index contributed by atoms with van der Waals surface area (Å²) >= 11 is 1.38. The molecule has 0 N–H and O–H groups in total. The van der Waals surface area contributed by atoms with Crippen molar-refractivity contribution in [1.29, 1.82) is 0 Å². The summed E-state index contributed by atoms with van der Waals surface area (Å²) in [6, 6.07) is 15.8. The Morgan fingerprint density at radius 1 is 0.944 bits per heavy atom. The van der Waals surface area contributed by atoms with E-state index in [9.17, 15) is 4.79 Å². The summed E-state index contributed by atoms with van der Waals surface area (Å²) in [7, 11) is 0. The zero-order valence-electron chi connectivity index (χ0n) is 9.50. The van der Waals surface area contributed by atoms with Gasteiger partial charge in [-0.05, 0) is 22.9 Å². The lowest BCUT2D eigenvalue weighted by atomic mass is 10.1. The van der Waals surface area contributed by atoms with Crippen molar-refractivity contribution in [2.24, 2.45) is 0 Å². The molecule has 0 fully saturated rings. The quantitative estimate of drug-likeness (QED) is 0.643. The number of thiophene rings is 1. The molecule has 18 heavy (non-hydrogen) atoms. The first kappa shape index (κ1) is 11.0.